The molecule has 0 bridgehead atoms. The van der Waals surface area contributed by atoms with E-state index in [1.54, 1.807) is 11.6 Å². The van der Waals surface area contributed by atoms with Crippen molar-refractivity contribution in [1.29, 1.82) is 0 Å². The van der Waals surface area contributed by atoms with Crippen molar-refractivity contribution < 1.29 is 9.90 Å². The molecule has 1 atom stereocenters. The zero-order valence-electron chi connectivity index (χ0n) is 10.2. The second-order valence-electron chi connectivity index (χ2n) is 4.28. The summed E-state index contributed by atoms with van der Waals surface area (Å²) in [4.78, 5) is 16.2. The number of fused-ring (bicyclic) bond motifs is 1. The quantitative estimate of drug-likeness (QED) is 0.870. The predicted octanol–water partition coefficient (Wildman–Crippen LogP) is 2.19. The number of benzene rings is 1. The molecule has 5 heteroatoms. The number of nitrogens with zero attached hydrogens (tertiary/aromatic N) is 1. The van der Waals surface area contributed by atoms with E-state index in [9.17, 15) is 4.79 Å². The molecule has 0 aliphatic carbocycles. The van der Waals surface area contributed by atoms with Crippen molar-refractivity contribution in [2.45, 2.75) is 25.8 Å². The summed E-state index contributed by atoms with van der Waals surface area (Å²) in [7, 11) is 0. The van der Waals surface area contributed by atoms with E-state index in [1.807, 2.05) is 19.1 Å². The third-order valence-corrected chi connectivity index (χ3v) is 3.56. The highest BCUT2D eigenvalue weighted by molar-refractivity contribution is 7.16. The lowest BCUT2D eigenvalue weighted by atomic mass is 10.1. The number of carbonyl (C=O) groups excluding carboxylic acids is 1. The highest BCUT2D eigenvalue weighted by atomic mass is 32.1. The van der Waals surface area contributed by atoms with Gasteiger partial charge in [0.1, 0.15) is 0 Å². The molecular weight excluding hydrogens is 248 g/mol. The van der Waals surface area contributed by atoms with Crippen molar-refractivity contribution in [3.8, 4) is 0 Å². The molecule has 4 nitrogen and oxygen atoms in total. The van der Waals surface area contributed by atoms with Gasteiger partial charge in [0, 0.05) is 18.2 Å². The topological polar surface area (TPSA) is 62.2 Å². The molecular formula is C13H16N2O2S. The van der Waals surface area contributed by atoms with Crippen molar-refractivity contribution in [3.63, 3.8) is 0 Å². The van der Waals surface area contributed by atoms with Gasteiger partial charge in [0.05, 0.1) is 15.7 Å². The molecule has 0 aliphatic heterocycles. The fourth-order valence-corrected chi connectivity index (χ4v) is 2.49. The lowest BCUT2D eigenvalue weighted by molar-refractivity contribution is 0.0936. The summed E-state index contributed by atoms with van der Waals surface area (Å²) < 4.78 is 1.02. The summed E-state index contributed by atoms with van der Waals surface area (Å²) in [6.07, 6.45) is 1.49. The largest absolute Gasteiger partial charge is 0.396 e. The number of rotatable bonds is 5. The minimum absolute atomic E-state index is 0.0711. The average Bonchev–Trinajstić information content (AvgIpc) is 2.83. The van der Waals surface area contributed by atoms with Gasteiger partial charge in [-0.2, -0.15) is 0 Å². The molecule has 1 amide bonds. The van der Waals surface area contributed by atoms with E-state index in [0.717, 1.165) is 16.6 Å². The standard InChI is InChI=1S/C13H16N2O2S/c1-9(3-2-6-16)15-13(17)10-4-5-11-12(7-10)18-8-14-11/h4-5,7-9,16H,2-3,6H2,1H3,(H,15,17). The van der Waals surface area contributed by atoms with Crippen LogP contribution in [-0.4, -0.2) is 28.6 Å². The summed E-state index contributed by atoms with van der Waals surface area (Å²) in [5.74, 6) is -0.0734. The molecule has 2 aromatic rings. The minimum atomic E-state index is -0.0734. The number of amides is 1. The van der Waals surface area contributed by atoms with Crippen molar-refractivity contribution in [2.75, 3.05) is 6.61 Å². The number of thiazole rings is 1. The molecule has 0 fully saturated rings. The van der Waals surface area contributed by atoms with Gasteiger partial charge in [0.15, 0.2) is 0 Å². The SMILES string of the molecule is CC(CCCO)NC(=O)c1ccc2ncsc2c1. The van der Waals surface area contributed by atoms with E-state index in [4.69, 9.17) is 5.11 Å². The van der Waals surface area contributed by atoms with Gasteiger partial charge >= 0.3 is 0 Å². The Morgan fingerprint density at radius 2 is 2.39 bits per heavy atom. The van der Waals surface area contributed by atoms with Gasteiger partial charge in [-0.1, -0.05) is 0 Å². The van der Waals surface area contributed by atoms with Crippen molar-refractivity contribution in [1.82, 2.24) is 10.3 Å². The Labute approximate surface area is 110 Å². The Kier molecular flexibility index (Phi) is 4.28. The van der Waals surface area contributed by atoms with E-state index >= 15 is 0 Å². The highest BCUT2D eigenvalue weighted by Gasteiger charge is 2.10. The second kappa shape index (κ2) is 5.93. The molecule has 18 heavy (non-hydrogen) atoms. The lowest BCUT2D eigenvalue weighted by Gasteiger charge is -2.13. The Bertz CT molecular complexity index is 539. The van der Waals surface area contributed by atoms with Crippen LogP contribution in [0.3, 0.4) is 0 Å². The number of hydrogen-bond acceptors (Lipinski definition) is 4. The van der Waals surface area contributed by atoms with E-state index in [0.29, 0.717) is 12.0 Å². The van der Waals surface area contributed by atoms with Crippen LogP contribution < -0.4 is 5.32 Å². The molecule has 1 aromatic carbocycles. The van der Waals surface area contributed by atoms with E-state index in [2.05, 4.69) is 10.3 Å². The molecule has 0 spiro atoms. The van der Waals surface area contributed by atoms with Crippen LogP contribution in [0.5, 0.6) is 0 Å². The van der Waals surface area contributed by atoms with E-state index in [1.165, 1.54) is 11.3 Å². The minimum Gasteiger partial charge on any atom is -0.396 e. The Hall–Kier alpha value is -1.46. The summed E-state index contributed by atoms with van der Waals surface area (Å²) in [6, 6.07) is 5.58. The maximum atomic E-state index is 12.0. The van der Waals surface area contributed by atoms with Crippen LogP contribution in [0, 0.1) is 0 Å². The van der Waals surface area contributed by atoms with Crippen LogP contribution in [0.4, 0.5) is 0 Å². The monoisotopic (exact) mass is 264 g/mol. The number of carbonyl (C=O) groups is 1. The maximum absolute atomic E-state index is 12.0. The fourth-order valence-electron chi connectivity index (χ4n) is 1.77. The van der Waals surface area contributed by atoms with Crippen LogP contribution in [0.2, 0.25) is 0 Å². The van der Waals surface area contributed by atoms with Crippen LogP contribution in [0.1, 0.15) is 30.1 Å². The van der Waals surface area contributed by atoms with Crippen LogP contribution in [0.25, 0.3) is 10.2 Å². The van der Waals surface area contributed by atoms with Gasteiger partial charge in [-0.05, 0) is 38.0 Å². The molecule has 2 N–H and O–H groups in total. The molecule has 0 radical (unpaired) electrons. The van der Waals surface area contributed by atoms with Crippen molar-refractivity contribution in [2.24, 2.45) is 0 Å². The molecule has 0 saturated heterocycles. The Balaban J connectivity index is 2.03. The number of aliphatic hydroxyl groups excluding tert-OH is 1. The van der Waals surface area contributed by atoms with E-state index < -0.39 is 0 Å². The summed E-state index contributed by atoms with van der Waals surface area (Å²) >= 11 is 1.53. The highest BCUT2D eigenvalue weighted by Crippen LogP contribution is 2.19. The van der Waals surface area contributed by atoms with Gasteiger partial charge < -0.3 is 10.4 Å². The van der Waals surface area contributed by atoms with Crippen molar-refractivity contribution in [3.05, 3.63) is 29.3 Å². The Morgan fingerprint density at radius 1 is 1.56 bits per heavy atom. The summed E-state index contributed by atoms with van der Waals surface area (Å²) in [5, 5.41) is 11.7. The molecule has 96 valence electrons. The summed E-state index contributed by atoms with van der Waals surface area (Å²) in [6.45, 7) is 2.10. The number of hydrogen-bond donors (Lipinski definition) is 2. The molecule has 1 aromatic heterocycles. The zero-order valence-corrected chi connectivity index (χ0v) is 11.0. The smallest absolute Gasteiger partial charge is 0.251 e. The lowest BCUT2D eigenvalue weighted by Crippen LogP contribution is -2.32. The first-order valence-electron chi connectivity index (χ1n) is 5.95. The van der Waals surface area contributed by atoms with Gasteiger partial charge in [-0.15, -0.1) is 11.3 Å². The van der Waals surface area contributed by atoms with Crippen molar-refractivity contribution >= 4 is 27.5 Å². The molecule has 1 heterocycles. The average molecular weight is 264 g/mol. The predicted molar refractivity (Wildman–Crippen MR) is 72.9 cm³/mol. The number of aliphatic hydroxyl groups is 1. The van der Waals surface area contributed by atoms with Gasteiger partial charge in [-0.25, -0.2) is 4.98 Å². The number of aromatic nitrogens is 1. The molecule has 0 aliphatic rings. The Morgan fingerprint density at radius 3 is 3.17 bits per heavy atom. The van der Waals surface area contributed by atoms with Gasteiger partial charge in [-0.3, -0.25) is 4.79 Å². The third-order valence-electron chi connectivity index (χ3n) is 2.77. The van der Waals surface area contributed by atoms with E-state index in [-0.39, 0.29) is 18.6 Å². The van der Waals surface area contributed by atoms with Gasteiger partial charge in [0.25, 0.3) is 5.91 Å². The van der Waals surface area contributed by atoms with Crippen LogP contribution >= 0.6 is 11.3 Å². The first-order valence-corrected chi connectivity index (χ1v) is 6.83. The van der Waals surface area contributed by atoms with Gasteiger partial charge in [0.2, 0.25) is 0 Å². The molecule has 2 rings (SSSR count). The third kappa shape index (κ3) is 3.05. The second-order valence-corrected chi connectivity index (χ2v) is 5.16. The molecule has 1 unspecified atom stereocenters. The fraction of sp³-hybridized carbons (Fsp3) is 0.385. The normalized spacial score (nSPS) is 12.6. The number of nitrogens with one attached hydrogen (secondary N) is 1. The first-order chi connectivity index (χ1) is 8.70. The van der Waals surface area contributed by atoms with Crippen LogP contribution in [0.15, 0.2) is 23.7 Å². The summed E-state index contributed by atoms with van der Waals surface area (Å²) in [5.41, 5.74) is 3.35. The van der Waals surface area contributed by atoms with Crippen LogP contribution in [-0.2, 0) is 0 Å². The first kappa shape index (κ1) is 13.0. The maximum Gasteiger partial charge on any atom is 0.251 e. The molecule has 0 saturated carbocycles. The zero-order chi connectivity index (χ0) is 13.0.